The molecule has 0 fully saturated rings. The summed E-state index contributed by atoms with van der Waals surface area (Å²) in [5.41, 5.74) is 0.854. The van der Waals surface area contributed by atoms with Gasteiger partial charge in [0.1, 0.15) is 22.2 Å². The molecule has 0 saturated carbocycles. The zero-order valence-corrected chi connectivity index (χ0v) is 16.5. The maximum atomic E-state index is 13.0. The molecule has 150 valence electrons. The lowest BCUT2D eigenvalue weighted by Crippen LogP contribution is -2.17. The number of benzene rings is 3. The monoisotopic (exact) mass is 434 g/mol. The van der Waals surface area contributed by atoms with Crippen molar-refractivity contribution in [2.24, 2.45) is 5.14 Å². The van der Waals surface area contributed by atoms with Crippen LogP contribution >= 0.6 is 11.6 Å². The number of nitrogens with one attached hydrogen (secondary N) is 1. The highest BCUT2D eigenvalue weighted by Crippen LogP contribution is 2.31. The van der Waals surface area contributed by atoms with Crippen molar-refractivity contribution in [3.05, 3.63) is 83.1 Å². The molecule has 0 aromatic heterocycles. The first kappa shape index (κ1) is 20.8. The summed E-state index contributed by atoms with van der Waals surface area (Å²) >= 11 is 6.05. The molecule has 0 spiro atoms. The molecular formula is C20H16ClFN2O4S. The number of sulfonamides is 1. The van der Waals surface area contributed by atoms with Crippen molar-refractivity contribution in [2.75, 3.05) is 5.32 Å². The van der Waals surface area contributed by atoms with Gasteiger partial charge in [-0.2, -0.15) is 0 Å². The maximum absolute atomic E-state index is 13.0. The Hall–Kier alpha value is -2.94. The number of hydrogen-bond donors (Lipinski definition) is 2. The third-order valence-electron chi connectivity index (χ3n) is 3.88. The number of ether oxygens (including phenoxy) is 1. The Morgan fingerprint density at radius 1 is 1.07 bits per heavy atom. The Morgan fingerprint density at radius 3 is 2.41 bits per heavy atom. The molecule has 3 rings (SSSR count). The highest BCUT2D eigenvalue weighted by molar-refractivity contribution is 7.89. The Kier molecular flexibility index (Phi) is 6.17. The Labute approximate surface area is 172 Å². The van der Waals surface area contributed by atoms with Crippen LogP contribution in [0.1, 0.15) is 5.56 Å². The molecule has 6 nitrogen and oxygen atoms in total. The first-order valence-corrected chi connectivity index (χ1v) is 10.3. The predicted molar refractivity (Wildman–Crippen MR) is 108 cm³/mol. The third-order valence-corrected chi connectivity index (χ3v) is 5.19. The number of nitrogens with two attached hydrogens (primary N) is 1. The average Bonchev–Trinajstić information content (AvgIpc) is 2.66. The highest BCUT2D eigenvalue weighted by Gasteiger charge is 2.18. The van der Waals surface area contributed by atoms with Crippen LogP contribution < -0.4 is 15.2 Å². The first-order chi connectivity index (χ1) is 13.7. The molecule has 0 atom stereocenters. The molecule has 0 aliphatic rings. The number of anilines is 1. The van der Waals surface area contributed by atoms with Gasteiger partial charge in [-0.25, -0.2) is 17.9 Å². The van der Waals surface area contributed by atoms with E-state index < -0.39 is 15.8 Å². The van der Waals surface area contributed by atoms with Crippen LogP contribution in [0, 0.1) is 5.82 Å². The van der Waals surface area contributed by atoms with Gasteiger partial charge < -0.3 is 10.1 Å². The minimum atomic E-state index is -4.16. The van der Waals surface area contributed by atoms with Crippen molar-refractivity contribution in [3.8, 4) is 11.5 Å². The van der Waals surface area contributed by atoms with Gasteiger partial charge in [0.15, 0.2) is 0 Å². The molecular weight excluding hydrogens is 419 g/mol. The summed E-state index contributed by atoms with van der Waals surface area (Å²) in [6, 6.07) is 16.0. The van der Waals surface area contributed by atoms with Crippen molar-refractivity contribution >= 4 is 33.2 Å². The second-order valence-corrected chi connectivity index (χ2v) is 8.02. The van der Waals surface area contributed by atoms with E-state index in [-0.39, 0.29) is 34.4 Å². The molecule has 0 saturated heterocycles. The zero-order chi connectivity index (χ0) is 21.0. The molecule has 0 bridgehead atoms. The SMILES string of the molecule is NS(=O)(=O)c1cc(NC(=O)Cc2ccccc2Cl)ccc1Oc1ccc(F)cc1. The standard InChI is InChI=1S/C20H16ClFN2O4S/c21-17-4-2-1-3-13(17)11-20(25)24-15-7-10-18(19(12-15)29(23,26)27)28-16-8-5-14(22)6-9-16/h1-10,12H,11H2,(H,24,25)(H2,23,26,27). The minimum Gasteiger partial charge on any atom is -0.456 e. The van der Waals surface area contributed by atoms with Crippen LogP contribution in [0.2, 0.25) is 5.02 Å². The van der Waals surface area contributed by atoms with Gasteiger partial charge in [-0.05, 0) is 54.1 Å². The van der Waals surface area contributed by atoms with Gasteiger partial charge in [0.25, 0.3) is 0 Å². The smallest absolute Gasteiger partial charge is 0.241 e. The van der Waals surface area contributed by atoms with E-state index in [4.69, 9.17) is 21.5 Å². The molecule has 1 amide bonds. The summed E-state index contributed by atoms with van der Waals surface area (Å²) in [5.74, 6) is -0.665. The molecule has 9 heteroatoms. The van der Waals surface area contributed by atoms with Crippen LogP contribution in [0.25, 0.3) is 0 Å². The summed E-state index contributed by atoms with van der Waals surface area (Å²) in [4.78, 5) is 12.0. The Morgan fingerprint density at radius 2 is 1.76 bits per heavy atom. The lowest BCUT2D eigenvalue weighted by Gasteiger charge is -2.13. The molecule has 0 radical (unpaired) electrons. The minimum absolute atomic E-state index is 0.0121. The fraction of sp³-hybridized carbons (Fsp3) is 0.0500. The van der Waals surface area contributed by atoms with Crippen LogP contribution in [-0.2, 0) is 21.2 Å². The van der Waals surface area contributed by atoms with Crippen LogP contribution in [0.3, 0.4) is 0 Å². The van der Waals surface area contributed by atoms with E-state index in [0.29, 0.717) is 10.6 Å². The normalized spacial score (nSPS) is 11.1. The molecule has 3 aromatic rings. The fourth-order valence-electron chi connectivity index (χ4n) is 2.54. The summed E-state index contributed by atoms with van der Waals surface area (Å²) in [6.45, 7) is 0. The molecule has 0 unspecified atom stereocenters. The van der Waals surface area contributed by atoms with Crippen molar-refractivity contribution in [2.45, 2.75) is 11.3 Å². The summed E-state index contributed by atoms with van der Waals surface area (Å²) in [7, 11) is -4.16. The number of primary sulfonamides is 1. The summed E-state index contributed by atoms with van der Waals surface area (Å²) in [5, 5.41) is 8.34. The summed E-state index contributed by atoms with van der Waals surface area (Å²) < 4.78 is 42.5. The average molecular weight is 435 g/mol. The van der Waals surface area contributed by atoms with E-state index in [2.05, 4.69) is 5.32 Å². The molecule has 3 aromatic carbocycles. The number of amides is 1. The van der Waals surface area contributed by atoms with Crippen molar-refractivity contribution < 1.29 is 22.3 Å². The second kappa shape index (κ2) is 8.60. The number of rotatable bonds is 6. The Bertz CT molecular complexity index is 1150. The van der Waals surface area contributed by atoms with E-state index in [1.54, 1.807) is 24.3 Å². The van der Waals surface area contributed by atoms with E-state index in [9.17, 15) is 17.6 Å². The van der Waals surface area contributed by atoms with Crippen molar-refractivity contribution in [1.29, 1.82) is 0 Å². The summed E-state index contributed by atoms with van der Waals surface area (Å²) in [6.07, 6.45) is 0.0121. The lowest BCUT2D eigenvalue weighted by atomic mass is 10.1. The highest BCUT2D eigenvalue weighted by atomic mass is 35.5. The number of halogens is 2. The van der Waals surface area contributed by atoms with Gasteiger partial charge >= 0.3 is 0 Å². The largest absolute Gasteiger partial charge is 0.456 e. The number of hydrogen-bond acceptors (Lipinski definition) is 4. The molecule has 0 aliphatic carbocycles. The lowest BCUT2D eigenvalue weighted by molar-refractivity contribution is -0.115. The second-order valence-electron chi connectivity index (χ2n) is 6.08. The van der Waals surface area contributed by atoms with Gasteiger partial charge in [-0.3, -0.25) is 4.79 Å². The quantitative estimate of drug-likeness (QED) is 0.610. The van der Waals surface area contributed by atoms with Gasteiger partial charge in [0, 0.05) is 10.7 Å². The topological polar surface area (TPSA) is 98.5 Å². The van der Waals surface area contributed by atoms with Gasteiger partial charge in [-0.15, -0.1) is 0 Å². The van der Waals surface area contributed by atoms with Crippen molar-refractivity contribution in [1.82, 2.24) is 0 Å². The van der Waals surface area contributed by atoms with E-state index in [1.807, 2.05) is 0 Å². The van der Waals surface area contributed by atoms with Gasteiger partial charge in [0.05, 0.1) is 6.42 Å². The zero-order valence-electron chi connectivity index (χ0n) is 14.9. The van der Waals surface area contributed by atoms with Crippen molar-refractivity contribution in [3.63, 3.8) is 0 Å². The van der Waals surface area contributed by atoms with Gasteiger partial charge in [-0.1, -0.05) is 29.8 Å². The molecule has 0 aliphatic heterocycles. The number of carbonyl (C=O) groups is 1. The van der Waals surface area contributed by atoms with Gasteiger partial charge in [0.2, 0.25) is 15.9 Å². The van der Waals surface area contributed by atoms with E-state index >= 15 is 0 Å². The van der Waals surface area contributed by atoms with Crippen LogP contribution in [0.4, 0.5) is 10.1 Å². The molecule has 0 heterocycles. The molecule has 3 N–H and O–H groups in total. The van der Waals surface area contributed by atoms with E-state index in [1.165, 1.54) is 42.5 Å². The maximum Gasteiger partial charge on any atom is 0.241 e. The first-order valence-electron chi connectivity index (χ1n) is 8.36. The Balaban J connectivity index is 1.83. The van der Waals surface area contributed by atoms with Crippen LogP contribution in [0.5, 0.6) is 11.5 Å². The van der Waals surface area contributed by atoms with Crippen LogP contribution in [0.15, 0.2) is 71.6 Å². The van der Waals surface area contributed by atoms with Crippen LogP contribution in [-0.4, -0.2) is 14.3 Å². The predicted octanol–water partition coefficient (Wildman–Crippen LogP) is 4.10. The fourth-order valence-corrected chi connectivity index (χ4v) is 3.43. The number of carbonyl (C=O) groups excluding carboxylic acids is 1. The molecule has 29 heavy (non-hydrogen) atoms. The van der Waals surface area contributed by atoms with E-state index in [0.717, 1.165) is 0 Å². The third kappa shape index (κ3) is 5.54.